The summed E-state index contributed by atoms with van der Waals surface area (Å²) in [6.45, 7) is 6.27. The summed E-state index contributed by atoms with van der Waals surface area (Å²) in [4.78, 5) is 19.4. The smallest absolute Gasteiger partial charge is 0.265 e. The van der Waals surface area contributed by atoms with Crippen LogP contribution in [0.4, 0.5) is 0 Å². The molecule has 0 fully saturated rings. The van der Waals surface area contributed by atoms with Crippen molar-refractivity contribution in [3.63, 3.8) is 0 Å². The summed E-state index contributed by atoms with van der Waals surface area (Å²) in [6.07, 6.45) is 1.18. The van der Waals surface area contributed by atoms with Crippen molar-refractivity contribution < 1.29 is 9.90 Å². The van der Waals surface area contributed by atoms with Crippen LogP contribution in [0.3, 0.4) is 0 Å². The van der Waals surface area contributed by atoms with E-state index in [1.54, 1.807) is 18.9 Å². The molecule has 124 valence electrons. The topological polar surface area (TPSA) is 53.4 Å². The molecule has 0 bridgehead atoms. The molecule has 0 saturated heterocycles. The number of aryl methyl sites for hydroxylation is 2. The molecule has 1 amide bonds. The van der Waals surface area contributed by atoms with Gasteiger partial charge in [0, 0.05) is 19.2 Å². The summed E-state index contributed by atoms with van der Waals surface area (Å²) in [5.41, 5.74) is 3.09. The van der Waals surface area contributed by atoms with Gasteiger partial charge in [-0.15, -0.1) is 11.3 Å². The van der Waals surface area contributed by atoms with Gasteiger partial charge in [-0.2, -0.15) is 0 Å². The maximum atomic E-state index is 12.5. The molecule has 0 aliphatic carbocycles. The molecule has 4 nitrogen and oxygen atoms in total. The van der Waals surface area contributed by atoms with Gasteiger partial charge in [-0.25, -0.2) is 4.98 Å². The Bertz CT molecular complexity index is 662. The maximum absolute atomic E-state index is 12.5. The molecular weight excluding hydrogens is 308 g/mol. The Balaban J connectivity index is 2.18. The van der Waals surface area contributed by atoms with Gasteiger partial charge in [0.15, 0.2) is 0 Å². The molecule has 0 aliphatic heterocycles. The molecule has 23 heavy (non-hydrogen) atoms. The van der Waals surface area contributed by atoms with Gasteiger partial charge in [-0.05, 0) is 32.3 Å². The second-order valence-corrected chi connectivity index (χ2v) is 6.85. The van der Waals surface area contributed by atoms with Crippen molar-refractivity contribution in [2.75, 3.05) is 13.6 Å². The van der Waals surface area contributed by atoms with E-state index >= 15 is 0 Å². The van der Waals surface area contributed by atoms with Crippen LogP contribution in [0.25, 0.3) is 10.6 Å². The normalized spacial score (nSPS) is 12.2. The molecule has 2 rings (SSSR count). The summed E-state index contributed by atoms with van der Waals surface area (Å²) < 4.78 is 0. The standard InChI is InChI=1S/C18H24N2O2S/c1-5-14-6-8-15(9-7-14)17-19-13(3)16(23-17)18(22)20(4)11-10-12(2)21/h6-9,12,21H,5,10-11H2,1-4H3. The van der Waals surface area contributed by atoms with E-state index in [1.807, 2.05) is 6.92 Å². The number of benzene rings is 1. The highest BCUT2D eigenvalue weighted by Gasteiger charge is 2.19. The SMILES string of the molecule is CCc1ccc(-c2nc(C)c(C(=O)N(C)CCC(C)O)s2)cc1. The summed E-state index contributed by atoms with van der Waals surface area (Å²) in [5.74, 6) is -0.0305. The first-order chi connectivity index (χ1) is 10.9. The summed E-state index contributed by atoms with van der Waals surface area (Å²) in [7, 11) is 1.76. The quantitative estimate of drug-likeness (QED) is 0.880. The lowest BCUT2D eigenvalue weighted by atomic mass is 10.1. The summed E-state index contributed by atoms with van der Waals surface area (Å²) in [5, 5.41) is 10.2. The van der Waals surface area contributed by atoms with E-state index in [9.17, 15) is 9.90 Å². The number of hydrogen-bond donors (Lipinski definition) is 1. The average molecular weight is 332 g/mol. The first-order valence-corrected chi connectivity index (χ1v) is 8.74. The molecule has 1 unspecified atom stereocenters. The Labute approximate surface area is 141 Å². The Morgan fingerprint density at radius 1 is 1.35 bits per heavy atom. The Morgan fingerprint density at radius 2 is 2.00 bits per heavy atom. The van der Waals surface area contributed by atoms with E-state index in [0.29, 0.717) is 17.8 Å². The lowest BCUT2D eigenvalue weighted by Gasteiger charge is -2.17. The van der Waals surface area contributed by atoms with Gasteiger partial charge in [-0.3, -0.25) is 4.79 Å². The van der Waals surface area contributed by atoms with E-state index in [4.69, 9.17) is 0 Å². The van der Waals surface area contributed by atoms with E-state index < -0.39 is 6.10 Å². The number of aromatic nitrogens is 1. The van der Waals surface area contributed by atoms with Crippen molar-refractivity contribution >= 4 is 17.2 Å². The first-order valence-electron chi connectivity index (χ1n) is 7.92. The fourth-order valence-electron chi connectivity index (χ4n) is 2.26. The lowest BCUT2D eigenvalue weighted by Crippen LogP contribution is -2.29. The highest BCUT2D eigenvalue weighted by atomic mass is 32.1. The van der Waals surface area contributed by atoms with Crippen LogP contribution in [0.1, 0.15) is 41.2 Å². The summed E-state index contributed by atoms with van der Waals surface area (Å²) in [6, 6.07) is 8.32. The minimum Gasteiger partial charge on any atom is -0.393 e. The third-order valence-electron chi connectivity index (χ3n) is 3.83. The van der Waals surface area contributed by atoms with Crippen molar-refractivity contribution in [2.45, 2.75) is 39.7 Å². The number of carbonyl (C=O) groups is 1. The molecule has 0 radical (unpaired) electrons. The Hall–Kier alpha value is -1.72. The number of carbonyl (C=O) groups excluding carboxylic acids is 1. The fourth-order valence-corrected chi connectivity index (χ4v) is 3.32. The Kier molecular flexibility index (Phi) is 5.91. The predicted octanol–water partition coefficient (Wildman–Crippen LogP) is 3.52. The number of aliphatic hydroxyl groups excluding tert-OH is 1. The van der Waals surface area contributed by atoms with Gasteiger partial charge in [0.1, 0.15) is 9.88 Å². The minimum atomic E-state index is -0.402. The molecule has 0 saturated carbocycles. The number of amides is 1. The van der Waals surface area contributed by atoms with Crippen LogP contribution >= 0.6 is 11.3 Å². The van der Waals surface area contributed by atoms with E-state index in [-0.39, 0.29) is 5.91 Å². The van der Waals surface area contributed by atoms with Crippen LogP contribution in [0.2, 0.25) is 0 Å². The Morgan fingerprint density at radius 3 is 2.57 bits per heavy atom. The van der Waals surface area contributed by atoms with Crippen LogP contribution in [0.15, 0.2) is 24.3 Å². The van der Waals surface area contributed by atoms with Crippen molar-refractivity contribution in [3.05, 3.63) is 40.4 Å². The van der Waals surface area contributed by atoms with Crippen LogP contribution in [0.5, 0.6) is 0 Å². The van der Waals surface area contributed by atoms with Gasteiger partial charge in [0.05, 0.1) is 11.8 Å². The third-order valence-corrected chi connectivity index (χ3v) is 5.02. The third kappa shape index (κ3) is 4.39. The van der Waals surface area contributed by atoms with Gasteiger partial charge in [0.25, 0.3) is 5.91 Å². The van der Waals surface area contributed by atoms with Crippen molar-refractivity contribution in [2.24, 2.45) is 0 Å². The highest BCUT2D eigenvalue weighted by Crippen LogP contribution is 2.29. The second kappa shape index (κ2) is 7.70. The minimum absolute atomic E-state index is 0.0305. The first kappa shape index (κ1) is 17.6. The van der Waals surface area contributed by atoms with Crippen molar-refractivity contribution in [3.8, 4) is 10.6 Å². The monoisotopic (exact) mass is 332 g/mol. The van der Waals surface area contributed by atoms with Crippen LogP contribution < -0.4 is 0 Å². The zero-order valence-corrected chi connectivity index (χ0v) is 15.0. The number of thiazole rings is 1. The van der Waals surface area contributed by atoms with Gasteiger partial charge in [0.2, 0.25) is 0 Å². The molecule has 1 aromatic carbocycles. The molecule has 2 aromatic rings. The number of nitrogens with zero attached hydrogens (tertiary/aromatic N) is 2. The van der Waals surface area contributed by atoms with Crippen LogP contribution in [-0.4, -0.2) is 40.6 Å². The maximum Gasteiger partial charge on any atom is 0.265 e. The highest BCUT2D eigenvalue weighted by molar-refractivity contribution is 7.17. The zero-order chi connectivity index (χ0) is 17.0. The average Bonchev–Trinajstić information content (AvgIpc) is 2.93. The molecule has 1 heterocycles. The van der Waals surface area contributed by atoms with E-state index in [1.165, 1.54) is 16.9 Å². The van der Waals surface area contributed by atoms with E-state index in [0.717, 1.165) is 22.7 Å². The molecule has 1 aromatic heterocycles. The molecule has 0 aliphatic rings. The van der Waals surface area contributed by atoms with E-state index in [2.05, 4.69) is 36.2 Å². The van der Waals surface area contributed by atoms with Crippen LogP contribution in [0, 0.1) is 6.92 Å². The second-order valence-electron chi connectivity index (χ2n) is 5.85. The number of rotatable bonds is 6. The molecule has 1 atom stereocenters. The largest absolute Gasteiger partial charge is 0.393 e. The molecular formula is C18H24N2O2S. The van der Waals surface area contributed by atoms with Crippen LogP contribution in [-0.2, 0) is 6.42 Å². The van der Waals surface area contributed by atoms with Gasteiger partial charge >= 0.3 is 0 Å². The molecule has 5 heteroatoms. The van der Waals surface area contributed by atoms with Gasteiger partial charge < -0.3 is 10.0 Å². The molecule has 0 spiro atoms. The predicted molar refractivity (Wildman–Crippen MR) is 94.9 cm³/mol. The summed E-state index contributed by atoms with van der Waals surface area (Å²) >= 11 is 1.43. The molecule has 1 N–H and O–H groups in total. The van der Waals surface area contributed by atoms with Gasteiger partial charge in [-0.1, -0.05) is 31.2 Å². The number of hydrogen-bond acceptors (Lipinski definition) is 4. The number of aliphatic hydroxyl groups is 1. The lowest BCUT2D eigenvalue weighted by molar-refractivity contribution is 0.0773. The van der Waals surface area contributed by atoms with Crippen molar-refractivity contribution in [1.82, 2.24) is 9.88 Å². The van der Waals surface area contributed by atoms with Crippen molar-refractivity contribution in [1.29, 1.82) is 0 Å². The zero-order valence-electron chi connectivity index (χ0n) is 14.2. The fraction of sp³-hybridized carbons (Fsp3) is 0.444.